The fraction of sp³-hybridized carbons (Fsp3) is 0.583. The van der Waals surface area contributed by atoms with Crippen LogP contribution in [0.25, 0.3) is 0 Å². The molecule has 0 aliphatic heterocycles. The SMILES string of the molecule is CCC(C)(Oc1ccc(OCCNc2nn(CCCC(F)(F)F)c(=O)n(CCCC(F)(F)F)c2=O)cc1)C(=O)O. The predicted octanol–water partition coefficient (Wildman–Crippen LogP) is 4.21. The molecule has 0 radical (unpaired) electrons. The maximum Gasteiger partial charge on any atom is 0.389 e. The number of benzene rings is 1. The van der Waals surface area contributed by atoms with Crippen LogP contribution in [0.3, 0.4) is 0 Å². The molecule has 1 atom stereocenters. The molecule has 16 heteroatoms. The first-order valence-corrected chi connectivity index (χ1v) is 12.3. The van der Waals surface area contributed by atoms with Crippen LogP contribution in [-0.2, 0) is 17.9 Å². The Kier molecular flexibility index (Phi) is 11.0. The highest BCUT2D eigenvalue weighted by Gasteiger charge is 2.33. The van der Waals surface area contributed by atoms with Crippen LogP contribution in [-0.4, -0.2) is 56.5 Å². The van der Waals surface area contributed by atoms with E-state index in [1.165, 1.54) is 31.2 Å². The van der Waals surface area contributed by atoms with Gasteiger partial charge in [0, 0.05) is 25.9 Å². The molecule has 2 aromatic rings. The van der Waals surface area contributed by atoms with Crippen LogP contribution < -0.4 is 26.0 Å². The van der Waals surface area contributed by atoms with Crippen molar-refractivity contribution in [2.24, 2.45) is 0 Å². The molecule has 0 aliphatic carbocycles. The summed E-state index contributed by atoms with van der Waals surface area (Å²) in [6.45, 7) is 1.89. The van der Waals surface area contributed by atoms with Gasteiger partial charge in [-0.25, -0.2) is 14.3 Å². The van der Waals surface area contributed by atoms with E-state index >= 15 is 0 Å². The third kappa shape index (κ3) is 10.1. The van der Waals surface area contributed by atoms with Gasteiger partial charge in [0.1, 0.15) is 18.1 Å². The summed E-state index contributed by atoms with van der Waals surface area (Å²) < 4.78 is 87.4. The van der Waals surface area contributed by atoms with Crippen molar-refractivity contribution < 1.29 is 45.7 Å². The van der Waals surface area contributed by atoms with Gasteiger partial charge in [-0.15, -0.1) is 5.10 Å². The number of alkyl halides is 6. The van der Waals surface area contributed by atoms with Gasteiger partial charge in [0.05, 0.1) is 6.54 Å². The largest absolute Gasteiger partial charge is 0.492 e. The Hall–Kier alpha value is -3.72. The van der Waals surface area contributed by atoms with Gasteiger partial charge < -0.3 is 19.9 Å². The molecular weight excluding hydrogens is 554 g/mol. The Morgan fingerprint density at radius 2 is 1.52 bits per heavy atom. The Balaban J connectivity index is 2.08. The quantitative estimate of drug-likeness (QED) is 0.236. The number of hydrogen-bond acceptors (Lipinski definition) is 7. The summed E-state index contributed by atoms with van der Waals surface area (Å²) in [6, 6.07) is 6.02. The highest BCUT2D eigenvalue weighted by atomic mass is 19.4. The number of ether oxygens (including phenoxy) is 2. The van der Waals surface area contributed by atoms with E-state index in [0.29, 0.717) is 20.7 Å². The molecular formula is C24H30F6N4O6. The van der Waals surface area contributed by atoms with Crippen molar-refractivity contribution in [3.8, 4) is 11.5 Å². The third-order valence-electron chi connectivity index (χ3n) is 5.75. The molecule has 0 saturated carbocycles. The van der Waals surface area contributed by atoms with E-state index in [1.807, 2.05) is 0 Å². The standard InChI is InChI=1S/C24H30F6N4O6/c1-3-22(2,20(36)37)40-17-8-6-16(7-9-17)39-15-12-31-18-19(35)33(13-4-10-23(25,26)27)21(38)34(32-18)14-5-11-24(28,29)30/h6-9H,3-5,10-15H2,1-2H3,(H,31,32)(H,36,37). The Morgan fingerprint density at radius 3 is 2.05 bits per heavy atom. The summed E-state index contributed by atoms with van der Waals surface area (Å²) in [5, 5.41) is 15.7. The lowest BCUT2D eigenvalue weighted by Crippen LogP contribution is -2.43. The predicted molar refractivity (Wildman–Crippen MR) is 131 cm³/mol. The molecule has 224 valence electrons. The second-order valence-corrected chi connectivity index (χ2v) is 8.99. The van der Waals surface area contributed by atoms with Crippen molar-refractivity contribution in [1.82, 2.24) is 14.3 Å². The molecule has 0 bridgehead atoms. The second-order valence-electron chi connectivity index (χ2n) is 8.99. The molecule has 40 heavy (non-hydrogen) atoms. The number of nitrogens with one attached hydrogen (secondary N) is 1. The molecule has 0 spiro atoms. The first-order chi connectivity index (χ1) is 18.5. The zero-order valence-electron chi connectivity index (χ0n) is 21.8. The van der Waals surface area contributed by atoms with E-state index < -0.39 is 79.8 Å². The summed E-state index contributed by atoms with van der Waals surface area (Å²) in [5.41, 5.74) is -3.54. The van der Waals surface area contributed by atoms with Crippen LogP contribution in [0.2, 0.25) is 0 Å². The van der Waals surface area contributed by atoms with Gasteiger partial charge in [-0.1, -0.05) is 6.92 Å². The first kappa shape index (κ1) is 32.5. The summed E-state index contributed by atoms with van der Waals surface area (Å²) in [6.07, 6.45) is -12.4. The maximum atomic E-state index is 12.7. The first-order valence-electron chi connectivity index (χ1n) is 12.3. The zero-order chi connectivity index (χ0) is 30.1. The van der Waals surface area contributed by atoms with Crippen molar-refractivity contribution in [1.29, 1.82) is 0 Å². The van der Waals surface area contributed by atoms with Crippen molar-refractivity contribution >= 4 is 11.8 Å². The highest BCUT2D eigenvalue weighted by molar-refractivity contribution is 5.77. The van der Waals surface area contributed by atoms with E-state index in [4.69, 9.17) is 9.47 Å². The Bertz CT molecular complexity index is 1240. The number of carboxylic acid groups (broad SMARTS) is 1. The van der Waals surface area contributed by atoms with Crippen molar-refractivity contribution in [3.05, 3.63) is 45.1 Å². The summed E-state index contributed by atoms with van der Waals surface area (Å²) in [5.74, 6) is -0.905. The monoisotopic (exact) mass is 584 g/mol. The smallest absolute Gasteiger partial charge is 0.389 e. The number of anilines is 1. The van der Waals surface area contributed by atoms with Crippen LogP contribution >= 0.6 is 0 Å². The molecule has 1 aromatic carbocycles. The minimum Gasteiger partial charge on any atom is -0.492 e. The number of nitrogens with zero attached hydrogens (tertiary/aromatic N) is 3. The average Bonchev–Trinajstić information content (AvgIpc) is 2.85. The van der Waals surface area contributed by atoms with Gasteiger partial charge in [0.15, 0.2) is 0 Å². The minimum atomic E-state index is -4.52. The maximum absolute atomic E-state index is 12.7. The van der Waals surface area contributed by atoms with Crippen LogP contribution in [0.1, 0.15) is 46.0 Å². The third-order valence-corrected chi connectivity index (χ3v) is 5.75. The second kappa shape index (κ2) is 13.6. The van der Waals surface area contributed by atoms with Crippen LogP contribution in [0, 0.1) is 0 Å². The minimum absolute atomic E-state index is 0.0512. The number of hydrogen-bond donors (Lipinski definition) is 2. The van der Waals surface area contributed by atoms with Crippen LogP contribution in [0.15, 0.2) is 33.9 Å². The van der Waals surface area contributed by atoms with E-state index in [2.05, 4.69) is 10.4 Å². The average molecular weight is 585 g/mol. The lowest BCUT2D eigenvalue weighted by Gasteiger charge is -2.24. The number of carboxylic acids is 1. The van der Waals surface area contributed by atoms with Crippen LogP contribution in [0.4, 0.5) is 32.2 Å². The fourth-order valence-corrected chi connectivity index (χ4v) is 3.35. The molecule has 1 aromatic heterocycles. The molecule has 1 unspecified atom stereocenters. The Labute approximate surface area is 224 Å². The van der Waals surface area contributed by atoms with Crippen molar-refractivity contribution in [3.63, 3.8) is 0 Å². The van der Waals surface area contributed by atoms with E-state index in [1.54, 1.807) is 6.92 Å². The molecule has 0 saturated heterocycles. The molecule has 1 heterocycles. The van der Waals surface area contributed by atoms with E-state index in [0.717, 1.165) is 0 Å². The number of aromatic nitrogens is 3. The highest BCUT2D eigenvalue weighted by Crippen LogP contribution is 2.25. The van der Waals surface area contributed by atoms with Crippen molar-refractivity contribution in [2.45, 2.75) is 77.0 Å². The number of aliphatic carboxylic acids is 1. The molecule has 2 rings (SSSR count). The molecule has 0 amide bonds. The molecule has 10 nitrogen and oxygen atoms in total. The number of carbonyl (C=O) groups is 1. The molecule has 0 fully saturated rings. The summed E-state index contributed by atoms with van der Waals surface area (Å²) in [7, 11) is 0. The zero-order valence-corrected chi connectivity index (χ0v) is 21.8. The summed E-state index contributed by atoms with van der Waals surface area (Å²) in [4.78, 5) is 36.6. The van der Waals surface area contributed by atoms with E-state index in [-0.39, 0.29) is 19.6 Å². The number of rotatable bonds is 15. The van der Waals surface area contributed by atoms with Gasteiger partial charge in [-0.05, 0) is 50.5 Å². The topological polar surface area (TPSA) is 125 Å². The number of halogens is 6. The fourth-order valence-electron chi connectivity index (χ4n) is 3.35. The lowest BCUT2D eigenvalue weighted by atomic mass is 10.0. The van der Waals surface area contributed by atoms with Crippen LogP contribution in [0.5, 0.6) is 11.5 Å². The Morgan fingerprint density at radius 1 is 0.975 bits per heavy atom. The van der Waals surface area contributed by atoms with Gasteiger partial charge >= 0.3 is 24.0 Å². The van der Waals surface area contributed by atoms with Crippen molar-refractivity contribution in [2.75, 3.05) is 18.5 Å². The summed E-state index contributed by atoms with van der Waals surface area (Å²) >= 11 is 0. The molecule has 2 N–H and O–H groups in total. The van der Waals surface area contributed by atoms with E-state index in [9.17, 15) is 45.8 Å². The lowest BCUT2D eigenvalue weighted by molar-refractivity contribution is -0.154. The normalized spacial score (nSPS) is 13.5. The van der Waals surface area contributed by atoms with Gasteiger partial charge in [0.25, 0.3) is 5.56 Å². The van der Waals surface area contributed by atoms with Gasteiger partial charge in [0.2, 0.25) is 11.4 Å². The van der Waals surface area contributed by atoms with Gasteiger partial charge in [-0.2, -0.15) is 26.3 Å². The van der Waals surface area contributed by atoms with Gasteiger partial charge in [-0.3, -0.25) is 9.36 Å². The number of aryl methyl sites for hydroxylation is 1. The molecule has 0 aliphatic rings.